The first-order chi connectivity index (χ1) is 13.4. The summed E-state index contributed by atoms with van der Waals surface area (Å²) >= 11 is 0. The van der Waals surface area contributed by atoms with E-state index in [9.17, 15) is 13.5 Å². The number of fused-ring (bicyclic) bond motifs is 3. The molecule has 0 aliphatic heterocycles. The van der Waals surface area contributed by atoms with Gasteiger partial charge in [-0.05, 0) is 43.4 Å². The highest BCUT2D eigenvalue weighted by Gasteiger charge is 2.45. The van der Waals surface area contributed by atoms with Gasteiger partial charge in [-0.1, -0.05) is 18.2 Å². The van der Waals surface area contributed by atoms with Gasteiger partial charge in [0, 0.05) is 23.5 Å². The number of aromatic nitrogens is 2. The topological polar surface area (TPSA) is 110 Å². The van der Waals surface area contributed by atoms with E-state index in [1.54, 1.807) is 36.4 Å². The Kier molecular flexibility index (Phi) is 3.89. The Hall–Kier alpha value is -2.58. The van der Waals surface area contributed by atoms with Crippen molar-refractivity contribution >= 4 is 32.4 Å². The SMILES string of the molecule is Nc1cnc2c(ccn2S(=O)(=O)c2ccccc2)c1NC1CC2CC(O)C1C2. The van der Waals surface area contributed by atoms with Gasteiger partial charge in [-0.2, -0.15) is 0 Å². The van der Waals surface area contributed by atoms with E-state index in [-0.39, 0.29) is 23.0 Å². The number of aliphatic hydroxyl groups is 1. The number of nitrogen functional groups attached to an aromatic ring is 1. The number of hydrogen-bond acceptors (Lipinski definition) is 6. The molecular weight excluding hydrogens is 376 g/mol. The van der Waals surface area contributed by atoms with Crippen LogP contribution in [0.3, 0.4) is 0 Å². The molecule has 0 saturated heterocycles. The predicted molar refractivity (Wildman–Crippen MR) is 107 cm³/mol. The lowest BCUT2D eigenvalue weighted by atomic mass is 9.92. The molecule has 2 bridgehead atoms. The van der Waals surface area contributed by atoms with Crippen molar-refractivity contribution in [3.63, 3.8) is 0 Å². The molecule has 2 saturated carbocycles. The van der Waals surface area contributed by atoms with Gasteiger partial charge in [0.05, 0.1) is 28.6 Å². The number of nitrogens with zero attached hydrogens (tertiary/aromatic N) is 2. The van der Waals surface area contributed by atoms with Gasteiger partial charge in [-0.3, -0.25) is 0 Å². The highest BCUT2D eigenvalue weighted by atomic mass is 32.2. The number of nitrogens with two attached hydrogens (primary N) is 1. The van der Waals surface area contributed by atoms with E-state index in [2.05, 4.69) is 10.3 Å². The maximum Gasteiger partial charge on any atom is 0.269 e. The lowest BCUT2D eigenvalue weighted by molar-refractivity contribution is 0.107. The van der Waals surface area contributed by atoms with Crippen LogP contribution in [0.5, 0.6) is 0 Å². The minimum absolute atomic E-state index is 0.135. The van der Waals surface area contributed by atoms with Crippen LogP contribution >= 0.6 is 0 Å². The molecule has 0 radical (unpaired) electrons. The van der Waals surface area contributed by atoms with Crippen LogP contribution in [0.25, 0.3) is 11.0 Å². The van der Waals surface area contributed by atoms with Gasteiger partial charge in [0.15, 0.2) is 5.65 Å². The average molecular weight is 398 g/mol. The highest BCUT2D eigenvalue weighted by Crippen LogP contribution is 2.46. The van der Waals surface area contributed by atoms with Crippen molar-refractivity contribution in [3.05, 3.63) is 48.8 Å². The molecule has 2 aromatic heterocycles. The van der Waals surface area contributed by atoms with Crippen molar-refractivity contribution in [3.8, 4) is 0 Å². The number of rotatable bonds is 4. The zero-order valence-corrected chi connectivity index (χ0v) is 16.0. The summed E-state index contributed by atoms with van der Waals surface area (Å²) in [7, 11) is -3.75. The minimum Gasteiger partial charge on any atom is -0.396 e. The fraction of sp³-hybridized carbons (Fsp3) is 0.350. The summed E-state index contributed by atoms with van der Waals surface area (Å²) in [6, 6.07) is 10.1. The molecule has 2 aliphatic carbocycles. The number of benzene rings is 1. The van der Waals surface area contributed by atoms with Crippen molar-refractivity contribution < 1.29 is 13.5 Å². The fourth-order valence-electron chi connectivity index (χ4n) is 4.80. The van der Waals surface area contributed by atoms with Gasteiger partial charge >= 0.3 is 0 Å². The second-order valence-corrected chi connectivity index (χ2v) is 9.63. The molecule has 0 spiro atoms. The van der Waals surface area contributed by atoms with E-state index in [4.69, 9.17) is 5.73 Å². The first kappa shape index (κ1) is 17.5. The monoisotopic (exact) mass is 398 g/mol. The molecule has 146 valence electrons. The first-order valence-electron chi connectivity index (χ1n) is 9.46. The van der Waals surface area contributed by atoms with Gasteiger partial charge in [0.1, 0.15) is 0 Å². The fourth-order valence-corrected chi connectivity index (χ4v) is 6.13. The third-order valence-corrected chi connectivity index (χ3v) is 7.80. The quantitative estimate of drug-likeness (QED) is 0.623. The zero-order valence-electron chi connectivity index (χ0n) is 15.2. The van der Waals surface area contributed by atoms with Crippen molar-refractivity contribution in [2.45, 2.75) is 36.3 Å². The van der Waals surface area contributed by atoms with Gasteiger partial charge in [-0.25, -0.2) is 17.4 Å². The summed E-state index contributed by atoms with van der Waals surface area (Å²) in [6.45, 7) is 0. The molecule has 4 unspecified atom stereocenters. The molecule has 2 heterocycles. The van der Waals surface area contributed by atoms with Crippen LogP contribution in [0.2, 0.25) is 0 Å². The van der Waals surface area contributed by atoms with Crippen LogP contribution in [0.1, 0.15) is 19.3 Å². The lowest BCUT2D eigenvalue weighted by Gasteiger charge is -2.28. The van der Waals surface area contributed by atoms with Crippen LogP contribution in [0.4, 0.5) is 11.4 Å². The molecular formula is C20H22N4O3S. The normalized spacial score (nSPS) is 26.8. The van der Waals surface area contributed by atoms with Gasteiger partial charge in [0.2, 0.25) is 0 Å². The van der Waals surface area contributed by atoms with Gasteiger partial charge < -0.3 is 16.2 Å². The molecule has 7 nitrogen and oxygen atoms in total. The standard InChI is InChI=1S/C20H22N4O3S/c21-16-11-22-20-14(19(16)23-17-9-12-8-15(17)18(25)10-12)6-7-24(20)28(26,27)13-4-2-1-3-5-13/h1-7,11-12,15,17-18,25H,8-10,21H2,(H,22,23). The molecule has 4 N–H and O–H groups in total. The second-order valence-electron chi connectivity index (χ2n) is 7.81. The van der Waals surface area contributed by atoms with Crippen molar-refractivity contribution in [2.75, 3.05) is 11.1 Å². The number of hydrogen-bond donors (Lipinski definition) is 3. The van der Waals surface area contributed by atoms with E-state index < -0.39 is 10.0 Å². The van der Waals surface area contributed by atoms with Crippen molar-refractivity contribution in [1.82, 2.24) is 8.96 Å². The van der Waals surface area contributed by atoms with Crippen molar-refractivity contribution in [1.29, 1.82) is 0 Å². The predicted octanol–water partition coefficient (Wildman–Crippen LogP) is 2.43. The molecule has 28 heavy (non-hydrogen) atoms. The summed E-state index contributed by atoms with van der Waals surface area (Å²) in [6.07, 6.45) is 5.61. The molecule has 5 rings (SSSR count). The summed E-state index contributed by atoms with van der Waals surface area (Å²) in [5.41, 5.74) is 7.68. The molecule has 4 atom stereocenters. The van der Waals surface area contributed by atoms with E-state index in [1.807, 2.05) is 0 Å². The molecule has 8 heteroatoms. The molecule has 0 amide bonds. The maximum atomic E-state index is 13.0. The number of nitrogens with one attached hydrogen (secondary N) is 1. The Morgan fingerprint density at radius 3 is 2.64 bits per heavy atom. The molecule has 1 aromatic carbocycles. The smallest absolute Gasteiger partial charge is 0.269 e. The lowest BCUT2D eigenvalue weighted by Crippen LogP contribution is -2.34. The van der Waals surface area contributed by atoms with E-state index >= 15 is 0 Å². The van der Waals surface area contributed by atoms with Crippen LogP contribution in [-0.4, -0.2) is 34.6 Å². The Bertz CT molecular complexity index is 1140. The Morgan fingerprint density at radius 1 is 1.14 bits per heavy atom. The molecule has 3 aromatic rings. The highest BCUT2D eigenvalue weighted by molar-refractivity contribution is 7.90. The van der Waals surface area contributed by atoms with Crippen molar-refractivity contribution in [2.24, 2.45) is 11.8 Å². The Morgan fingerprint density at radius 2 is 1.93 bits per heavy atom. The van der Waals surface area contributed by atoms with E-state index in [0.29, 0.717) is 28.3 Å². The van der Waals surface area contributed by atoms with Gasteiger partial charge in [0.25, 0.3) is 10.0 Å². The summed E-state index contributed by atoms with van der Waals surface area (Å²) in [5.74, 6) is 0.752. The van der Waals surface area contributed by atoms with E-state index in [0.717, 1.165) is 19.3 Å². The number of aliphatic hydroxyl groups excluding tert-OH is 1. The zero-order chi connectivity index (χ0) is 19.5. The summed E-state index contributed by atoms with van der Waals surface area (Å²) in [5, 5.41) is 14.4. The number of pyridine rings is 1. The third-order valence-electron chi connectivity index (χ3n) is 6.12. The maximum absolute atomic E-state index is 13.0. The Labute approximate surface area is 163 Å². The van der Waals surface area contributed by atoms with E-state index in [1.165, 1.54) is 16.4 Å². The first-order valence-corrected chi connectivity index (χ1v) is 10.9. The molecule has 2 aliphatic rings. The second kappa shape index (κ2) is 6.22. The minimum atomic E-state index is -3.75. The van der Waals surface area contributed by atoms with Crippen LogP contribution in [-0.2, 0) is 10.0 Å². The average Bonchev–Trinajstić information content (AvgIpc) is 3.38. The largest absolute Gasteiger partial charge is 0.396 e. The van der Waals surface area contributed by atoms with Crippen LogP contribution in [0, 0.1) is 11.8 Å². The Balaban J connectivity index is 1.56. The van der Waals surface area contributed by atoms with Crippen LogP contribution < -0.4 is 11.1 Å². The number of anilines is 2. The molecule has 2 fully saturated rings. The van der Waals surface area contributed by atoms with Crippen LogP contribution in [0.15, 0.2) is 53.7 Å². The third kappa shape index (κ3) is 2.59. The van der Waals surface area contributed by atoms with Gasteiger partial charge in [-0.15, -0.1) is 0 Å². The summed E-state index contributed by atoms with van der Waals surface area (Å²) < 4.78 is 27.3. The summed E-state index contributed by atoms with van der Waals surface area (Å²) in [4.78, 5) is 4.51.